The minimum atomic E-state index is 0.109. The minimum Gasteiger partial charge on any atom is -0.329 e. The number of hydrogen-bond acceptors (Lipinski definition) is 6. The van der Waals surface area contributed by atoms with Gasteiger partial charge < -0.3 is 20.9 Å². The summed E-state index contributed by atoms with van der Waals surface area (Å²) in [5.41, 5.74) is 6.41. The second-order valence-electron chi connectivity index (χ2n) is 15.3. The number of rotatable bonds is 16. The SMILES string of the molecule is CN(CCN)CCN(C(C)(C)C)C(C)(C)CCC(C)(C)N(CCN(C)CCNC(C)(C)C)C(C)(C)C. The molecule has 0 aliphatic heterocycles. The molecule has 0 unspecified atom stereocenters. The minimum absolute atomic E-state index is 0.109. The van der Waals surface area contributed by atoms with Crippen molar-refractivity contribution in [1.29, 1.82) is 0 Å². The van der Waals surface area contributed by atoms with Gasteiger partial charge in [0, 0.05) is 80.1 Å². The van der Waals surface area contributed by atoms with Gasteiger partial charge in [0.15, 0.2) is 0 Å². The summed E-state index contributed by atoms with van der Waals surface area (Å²) in [6.07, 6.45) is 2.33. The first kappa shape index (κ1) is 35.8. The maximum Gasteiger partial charge on any atom is 0.0159 e. The van der Waals surface area contributed by atoms with E-state index in [4.69, 9.17) is 5.73 Å². The quantitative estimate of drug-likeness (QED) is 0.312. The molecule has 0 aromatic rings. The molecule has 0 aromatic heterocycles. The van der Waals surface area contributed by atoms with Crippen LogP contribution in [0.3, 0.4) is 0 Å². The number of nitrogens with one attached hydrogen (secondary N) is 1. The zero-order valence-electron chi connectivity index (χ0n) is 27.4. The molecule has 0 rings (SSSR count). The normalized spacial score (nSPS) is 14.7. The Morgan fingerprint density at radius 3 is 1.19 bits per heavy atom. The molecule has 6 nitrogen and oxygen atoms in total. The van der Waals surface area contributed by atoms with Gasteiger partial charge in [0.05, 0.1) is 0 Å². The maximum absolute atomic E-state index is 5.78. The Balaban J connectivity index is 5.32. The molecule has 0 spiro atoms. The Morgan fingerprint density at radius 2 is 0.889 bits per heavy atom. The zero-order chi connectivity index (χ0) is 28.6. The van der Waals surface area contributed by atoms with E-state index in [0.717, 1.165) is 58.7 Å². The average Bonchev–Trinajstić information content (AvgIpc) is 2.63. The van der Waals surface area contributed by atoms with Crippen molar-refractivity contribution in [2.45, 2.75) is 131 Å². The van der Waals surface area contributed by atoms with Gasteiger partial charge in [-0.1, -0.05) is 0 Å². The highest BCUT2D eigenvalue weighted by Crippen LogP contribution is 2.35. The molecule has 3 N–H and O–H groups in total. The lowest BCUT2D eigenvalue weighted by molar-refractivity contribution is -0.0180. The molecule has 218 valence electrons. The highest BCUT2D eigenvalue weighted by atomic mass is 15.3. The van der Waals surface area contributed by atoms with Gasteiger partial charge in [-0.2, -0.15) is 0 Å². The molecular weight excluding hydrogens is 444 g/mol. The van der Waals surface area contributed by atoms with Gasteiger partial charge in [-0.25, -0.2) is 0 Å². The van der Waals surface area contributed by atoms with Gasteiger partial charge in [-0.3, -0.25) is 9.80 Å². The third-order valence-electron chi connectivity index (χ3n) is 7.50. The van der Waals surface area contributed by atoms with E-state index in [-0.39, 0.29) is 27.7 Å². The predicted molar refractivity (Wildman–Crippen MR) is 162 cm³/mol. The lowest BCUT2D eigenvalue weighted by atomic mass is 9.83. The standard InChI is InChI=1S/C30H68N6/c1-26(2,3)32-19-21-34(15)23-25-36(28(7,8)9)30(12,13)17-16-29(10,11)35(27(4,5)6)24-22-33(14)20-18-31/h32H,16-25,31H2,1-15H3. The summed E-state index contributed by atoms with van der Waals surface area (Å²) in [6, 6.07) is 0. The third kappa shape index (κ3) is 14.1. The molecule has 0 bridgehead atoms. The van der Waals surface area contributed by atoms with Gasteiger partial charge >= 0.3 is 0 Å². The molecule has 0 aliphatic rings. The van der Waals surface area contributed by atoms with Crippen LogP contribution in [0.5, 0.6) is 0 Å². The fourth-order valence-corrected chi connectivity index (χ4v) is 5.58. The van der Waals surface area contributed by atoms with Crippen LogP contribution in [0.1, 0.15) is 103 Å². The lowest BCUT2D eigenvalue weighted by Crippen LogP contribution is -2.59. The van der Waals surface area contributed by atoms with Crippen LogP contribution in [0, 0.1) is 0 Å². The van der Waals surface area contributed by atoms with Gasteiger partial charge in [0.25, 0.3) is 0 Å². The number of nitrogens with zero attached hydrogens (tertiary/aromatic N) is 4. The first-order valence-corrected chi connectivity index (χ1v) is 14.4. The van der Waals surface area contributed by atoms with Crippen molar-refractivity contribution in [1.82, 2.24) is 24.9 Å². The summed E-state index contributed by atoms with van der Waals surface area (Å²) in [5, 5.41) is 3.62. The van der Waals surface area contributed by atoms with E-state index in [1.165, 1.54) is 0 Å². The first-order valence-electron chi connectivity index (χ1n) is 14.4. The van der Waals surface area contributed by atoms with Crippen molar-refractivity contribution in [3.63, 3.8) is 0 Å². The van der Waals surface area contributed by atoms with Crippen molar-refractivity contribution in [2.75, 3.05) is 66.5 Å². The van der Waals surface area contributed by atoms with E-state index in [9.17, 15) is 0 Å². The molecule has 0 saturated carbocycles. The van der Waals surface area contributed by atoms with Crippen LogP contribution >= 0.6 is 0 Å². The second kappa shape index (κ2) is 14.2. The largest absolute Gasteiger partial charge is 0.329 e. The van der Waals surface area contributed by atoms with Gasteiger partial charge in [0.2, 0.25) is 0 Å². The Hall–Kier alpha value is -0.240. The molecule has 36 heavy (non-hydrogen) atoms. The predicted octanol–water partition coefficient (Wildman–Crippen LogP) is 4.74. The first-order chi connectivity index (χ1) is 16.0. The Bertz CT molecular complexity index is 594. The monoisotopic (exact) mass is 513 g/mol. The molecule has 0 radical (unpaired) electrons. The van der Waals surface area contributed by atoms with E-state index in [1.54, 1.807) is 0 Å². The van der Waals surface area contributed by atoms with Crippen molar-refractivity contribution in [2.24, 2.45) is 5.73 Å². The van der Waals surface area contributed by atoms with E-state index in [2.05, 4.69) is 129 Å². The van der Waals surface area contributed by atoms with Gasteiger partial charge in [0.1, 0.15) is 0 Å². The van der Waals surface area contributed by atoms with E-state index < -0.39 is 0 Å². The number of hydrogen-bond donors (Lipinski definition) is 2. The van der Waals surface area contributed by atoms with Crippen molar-refractivity contribution in [3.05, 3.63) is 0 Å². The van der Waals surface area contributed by atoms with Crippen LogP contribution < -0.4 is 11.1 Å². The summed E-state index contributed by atoms with van der Waals surface area (Å²) in [4.78, 5) is 10.3. The Labute approximate surface area is 227 Å². The van der Waals surface area contributed by atoms with Crippen molar-refractivity contribution in [3.8, 4) is 0 Å². The molecule has 6 heteroatoms. The summed E-state index contributed by atoms with van der Waals surface area (Å²) in [7, 11) is 4.44. The van der Waals surface area contributed by atoms with Gasteiger partial charge in [-0.15, -0.1) is 0 Å². The lowest BCUT2D eigenvalue weighted by Gasteiger charge is -2.51. The highest BCUT2D eigenvalue weighted by Gasteiger charge is 2.39. The summed E-state index contributed by atoms with van der Waals surface area (Å²) < 4.78 is 0. The highest BCUT2D eigenvalue weighted by molar-refractivity contribution is 4.96. The average molecular weight is 513 g/mol. The number of nitrogens with two attached hydrogens (primary N) is 1. The van der Waals surface area contributed by atoms with Crippen molar-refractivity contribution >= 4 is 0 Å². The number of likely N-dealkylation sites (N-methyl/N-ethyl adjacent to an activating group) is 2. The Kier molecular flexibility index (Phi) is 14.1. The van der Waals surface area contributed by atoms with E-state index in [1.807, 2.05) is 0 Å². The summed E-state index contributed by atoms with van der Waals surface area (Å²) >= 11 is 0. The molecule has 0 fully saturated rings. The van der Waals surface area contributed by atoms with Crippen LogP contribution in [0.25, 0.3) is 0 Å². The second-order valence-corrected chi connectivity index (χ2v) is 15.3. The zero-order valence-corrected chi connectivity index (χ0v) is 27.4. The van der Waals surface area contributed by atoms with Crippen LogP contribution in [0.2, 0.25) is 0 Å². The summed E-state index contributed by atoms with van der Waals surface area (Å²) in [6.45, 7) is 38.7. The summed E-state index contributed by atoms with van der Waals surface area (Å²) in [5.74, 6) is 0. The molecular formula is C30H68N6. The Morgan fingerprint density at radius 1 is 0.528 bits per heavy atom. The molecule has 0 aromatic carbocycles. The van der Waals surface area contributed by atoms with Crippen LogP contribution in [-0.2, 0) is 0 Å². The molecule has 0 atom stereocenters. The fraction of sp³-hybridized carbons (Fsp3) is 1.00. The molecule has 0 heterocycles. The van der Waals surface area contributed by atoms with E-state index in [0.29, 0.717) is 6.54 Å². The van der Waals surface area contributed by atoms with Crippen LogP contribution in [0.4, 0.5) is 0 Å². The topological polar surface area (TPSA) is 51.0 Å². The molecule has 0 amide bonds. The molecule has 0 saturated heterocycles. The smallest absolute Gasteiger partial charge is 0.0159 e. The third-order valence-corrected chi connectivity index (χ3v) is 7.50. The fourth-order valence-electron chi connectivity index (χ4n) is 5.58. The van der Waals surface area contributed by atoms with Crippen LogP contribution in [0.15, 0.2) is 0 Å². The van der Waals surface area contributed by atoms with E-state index >= 15 is 0 Å². The molecule has 0 aliphatic carbocycles. The van der Waals surface area contributed by atoms with Crippen molar-refractivity contribution < 1.29 is 0 Å². The van der Waals surface area contributed by atoms with Gasteiger partial charge in [-0.05, 0) is 117 Å². The maximum atomic E-state index is 5.78. The van der Waals surface area contributed by atoms with Crippen LogP contribution in [-0.4, -0.2) is 114 Å².